The second-order valence-corrected chi connectivity index (χ2v) is 13.8. The summed E-state index contributed by atoms with van der Waals surface area (Å²) >= 11 is 1.38. The van der Waals surface area contributed by atoms with Gasteiger partial charge in [0.15, 0.2) is 0 Å². The molecule has 0 bridgehead atoms. The maximum absolute atomic E-state index is 13.0. The maximum Gasteiger partial charge on any atom is 0.335 e. The molecule has 2 aliphatic rings. The minimum atomic E-state index is -3.70. The van der Waals surface area contributed by atoms with Crippen LogP contribution in [-0.4, -0.2) is 19.5 Å². The van der Waals surface area contributed by atoms with Crippen LogP contribution in [0.3, 0.4) is 0 Å². The Hall–Kier alpha value is -1.86. The summed E-state index contributed by atoms with van der Waals surface area (Å²) in [4.78, 5) is 12.2. The highest BCUT2D eigenvalue weighted by Gasteiger charge is 2.25. The molecule has 1 aromatic carbocycles. The van der Waals surface area contributed by atoms with Gasteiger partial charge >= 0.3 is 5.97 Å². The number of aromatic carboxylic acids is 1. The number of nitrogens with one attached hydrogen (secondary N) is 1. The molecule has 0 unspecified atom stereocenters. The third-order valence-corrected chi connectivity index (χ3v) is 11.3. The van der Waals surface area contributed by atoms with Gasteiger partial charge < -0.3 is 5.11 Å². The van der Waals surface area contributed by atoms with Crippen LogP contribution in [0.5, 0.6) is 0 Å². The number of thiophene rings is 1. The zero-order chi connectivity index (χ0) is 25.4. The fourth-order valence-electron chi connectivity index (χ4n) is 6.18. The van der Waals surface area contributed by atoms with Crippen LogP contribution in [0.25, 0.3) is 0 Å². The van der Waals surface area contributed by atoms with E-state index in [9.17, 15) is 13.2 Å². The summed E-state index contributed by atoms with van der Waals surface area (Å²) in [5.41, 5.74) is 0.496. The van der Waals surface area contributed by atoms with Gasteiger partial charge in [0, 0.05) is 10.6 Å². The highest BCUT2D eigenvalue weighted by Crippen LogP contribution is 2.39. The lowest BCUT2D eigenvalue weighted by atomic mass is 9.76. The van der Waals surface area contributed by atoms with Gasteiger partial charge in [-0.1, -0.05) is 83.5 Å². The monoisotopic (exact) mass is 531 g/mol. The second-order valence-electron chi connectivity index (χ2n) is 10.8. The average molecular weight is 532 g/mol. The van der Waals surface area contributed by atoms with Crippen LogP contribution in [0.1, 0.15) is 117 Å². The molecule has 2 aliphatic carbocycles. The Morgan fingerprint density at radius 1 is 0.722 bits per heavy atom. The molecule has 5 nitrogen and oxygen atoms in total. The first kappa shape index (κ1) is 27.2. The summed E-state index contributed by atoms with van der Waals surface area (Å²) in [6.07, 6.45) is 20.1. The number of anilines is 1. The Labute approximate surface area is 220 Å². The van der Waals surface area contributed by atoms with Crippen LogP contribution in [0.4, 0.5) is 5.69 Å². The van der Waals surface area contributed by atoms with E-state index in [1.54, 1.807) is 6.07 Å². The first-order chi connectivity index (χ1) is 17.4. The van der Waals surface area contributed by atoms with Crippen LogP contribution >= 0.6 is 11.3 Å². The number of sulfonamides is 1. The summed E-state index contributed by atoms with van der Waals surface area (Å²) < 4.78 is 28.8. The zero-order valence-corrected chi connectivity index (χ0v) is 22.9. The molecule has 36 heavy (non-hydrogen) atoms. The Kier molecular flexibility index (Phi) is 9.88. The molecule has 2 saturated carbocycles. The fourth-order valence-corrected chi connectivity index (χ4v) is 8.74. The van der Waals surface area contributed by atoms with Gasteiger partial charge in [0.1, 0.15) is 4.21 Å². The summed E-state index contributed by atoms with van der Waals surface area (Å²) in [5, 5.41) is 9.04. The van der Waals surface area contributed by atoms with E-state index in [4.69, 9.17) is 5.11 Å². The number of hydrogen-bond acceptors (Lipinski definition) is 4. The van der Waals surface area contributed by atoms with Crippen molar-refractivity contribution in [3.05, 3.63) is 46.8 Å². The van der Waals surface area contributed by atoms with Gasteiger partial charge in [-0.25, -0.2) is 13.2 Å². The fraction of sp³-hybridized carbons (Fsp3) is 0.621. The Bertz CT molecular complexity index is 1060. The Morgan fingerprint density at radius 3 is 1.78 bits per heavy atom. The van der Waals surface area contributed by atoms with Crippen molar-refractivity contribution < 1.29 is 18.3 Å². The van der Waals surface area contributed by atoms with E-state index in [1.165, 1.54) is 124 Å². The molecule has 198 valence electrons. The van der Waals surface area contributed by atoms with Crippen LogP contribution in [-0.2, 0) is 10.0 Å². The Balaban J connectivity index is 1.34. The zero-order valence-electron chi connectivity index (χ0n) is 21.3. The van der Waals surface area contributed by atoms with E-state index < -0.39 is 16.0 Å². The minimum Gasteiger partial charge on any atom is -0.478 e. The standard InChI is InChI=1S/C29H41NO4S2/c31-29(32)25-16-18-26(19-17-25)30-36(33,34)28-21-20-27(35-28)24-14-8-6-12-23(13-7-9-15-24)22-10-4-2-1-3-5-11-22/h16-24,30H,1-15H2,(H,31,32). The summed E-state index contributed by atoms with van der Waals surface area (Å²) in [7, 11) is -3.70. The maximum atomic E-state index is 13.0. The van der Waals surface area contributed by atoms with Crippen molar-refractivity contribution in [2.45, 2.75) is 106 Å². The molecule has 2 aromatic rings. The normalized spacial score (nSPS) is 23.3. The third-order valence-electron chi connectivity index (χ3n) is 8.22. The lowest BCUT2D eigenvalue weighted by Gasteiger charge is -2.30. The van der Waals surface area contributed by atoms with Gasteiger partial charge in [-0.3, -0.25) is 4.72 Å². The lowest BCUT2D eigenvalue weighted by Crippen LogP contribution is -2.17. The number of carbonyl (C=O) groups is 1. The van der Waals surface area contributed by atoms with Gasteiger partial charge in [-0.15, -0.1) is 11.3 Å². The predicted molar refractivity (Wildman–Crippen MR) is 148 cm³/mol. The summed E-state index contributed by atoms with van der Waals surface area (Å²) in [6.45, 7) is 0. The number of carboxylic acids is 1. The highest BCUT2D eigenvalue weighted by atomic mass is 32.2. The molecule has 1 aromatic heterocycles. The van der Waals surface area contributed by atoms with Crippen LogP contribution in [0.15, 0.2) is 40.6 Å². The smallest absolute Gasteiger partial charge is 0.335 e. The largest absolute Gasteiger partial charge is 0.478 e. The van der Waals surface area contributed by atoms with Crippen molar-refractivity contribution in [2.75, 3.05) is 4.72 Å². The first-order valence-electron chi connectivity index (χ1n) is 13.9. The quantitative estimate of drug-likeness (QED) is 0.392. The van der Waals surface area contributed by atoms with Crippen molar-refractivity contribution in [3.63, 3.8) is 0 Å². The van der Waals surface area contributed by atoms with Gasteiger partial charge in [0.25, 0.3) is 10.0 Å². The molecule has 2 fully saturated rings. The van der Waals surface area contributed by atoms with Crippen molar-refractivity contribution in [1.29, 1.82) is 0 Å². The van der Waals surface area contributed by atoms with Crippen LogP contribution in [0.2, 0.25) is 0 Å². The van der Waals surface area contributed by atoms with Crippen LogP contribution in [0, 0.1) is 11.8 Å². The van der Waals surface area contributed by atoms with E-state index in [0.717, 1.165) is 24.7 Å². The average Bonchev–Trinajstić information content (AvgIpc) is 3.34. The summed E-state index contributed by atoms with van der Waals surface area (Å²) in [6, 6.07) is 9.50. The predicted octanol–water partition coefficient (Wildman–Crippen LogP) is 8.44. The van der Waals surface area contributed by atoms with Gasteiger partial charge in [0.2, 0.25) is 0 Å². The van der Waals surface area contributed by atoms with Crippen LogP contribution < -0.4 is 4.72 Å². The van der Waals surface area contributed by atoms with Crippen molar-refractivity contribution >= 4 is 33.0 Å². The number of rotatable bonds is 6. The van der Waals surface area contributed by atoms with Gasteiger partial charge in [-0.05, 0) is 67.0 Å². The third kappa shape index (κ3) is 7.58. The van der Waals surface area contributed by atoms with E-state index in [-0.39, 0.29) is 5.56 Å². The van der Waals surface area contributed by atoms with E-state index in [0.29, 0.717) is 15.8 Å². The highest BCUT2D eigenvalue weighted by molar-refractivity contribution is 7.94. The molecular weight excluding hydrogens is 490 g/mol. The van der Waals surface area contributed by atoms with E-state index in [1.807, 2.05) is 6.07 Å². The molecule has 7 heteroatoms. The molecule has 0 radical (unpaired) electrons. The van der Waals surface area contributed by atoms with Gasteiger partial charge in [0.05, 0.1) is 5.56 Å². The molecule has 0 amide bonds. The molecule has 4 rings (SSSR count). The lowest BCUT2D eigenvalue weighted by molar-refractivity contribution is 0.0697. The second kappa shape index (κ2) is 13.1. The van der Waals surface area contributed by atoms with E-state index >= 15 is 0 Å². The van der Waals surface area contributed by atoms with E-state index in [2.05, 4.69) is 4.72 Å². The molecule has 0 atom stereocenters. The number of carboxylic acid groups (broad SMARTS) is 1. The number of benzene rings is 1. The molecule has 0 spiro atoms. The Morgan fingerprint density at radius 2 is 1.22 bits per heavy atom. The molecular formula is C29H41NO4S2. The molecule has 2 N–H and O–H groups in total. The van der Waals surface area contributed by atoms with Crippen molar-refractivity contribution in [3.8, 4) is 0 Å². The SMILES string of the molecule is O=C(O)c1ccc(NS(=O)(=O)c2ccc(C3CCCCC(C4CCCCCCC4)CCCC3)s2)cc1. The topological polar surface area (TPSA) is 83.5 Å². The first-order valence-corrected chi connectivity index (χ1v) is 16.2. The van der Waals surface area contributed by atoms with Crippen molar-refractivity contribution in [2.24, 2.45) is 11.8 Å². The minimum absolute atomic E-state index is 0.128. The van der Waals surface area contributed by atoms with Gasteiger partial charge in [-0.2, -0.15) is 0 Å². The summed E-state index contributed by atoms with van der Waals surface area (Å²) in [5.74, 6) is 1.26. The molecule has 0 aliphatic heterocycles. The van der Waals surface area contributed by atoms with Crippen molar-refractivity contribution in [1.82, 2.24) is 0 Å². The molecule has 0 saturated heterocycles. The number of hydrogen-bond donors (Lipinski definition) is 2. The molecule has 1 heterocycles.